The third-order valence-electron chi connectivity index (χ3n) is 2.71. The van der Waals surface area contributed by atoms with Crippen LogP contribution in [0.1, 0.15) is 21.2 Å². The second kappa shape index (κ2) is 6.81. The number of hydrogen-bond acceptors (Lipinski definition) is 2. The lowest BCUT2D eigenvalue weighted by Crippen LogP contribution is -2.26. The number of hydrogen-bond donors (Lipinski definition) is 1. The Balaban J connectivity index is 0.00000225. The molecular weight excluding hydrogens is 184 g/mol. The molecule has 0 radical (unpaired) electrons. The van der Waals surface area contributed by atoms with Gasteiger partial charge in [-0.05, 0) is 52.9 Å². The van der Waals surface area contributed by atoms with Gasteiger partial charge in [-0.15, -0.1) is 0 Å². The second-order valence-electron chi connectivity index (χ2n) is 4.72. The molecule has 1 aliphatic carbocycles. The van der Waals surface area contributed by atoms with Crippen LogP contribution >= 0.6 is 0 Å². The van der Waals surface area contributed by atoms with Gasteiger partial charge in [0.1, 0.15) is 0 Å². The molecule has 1 aliphatic rings. The molecule has 1 atom stereocenters. The first-order chi connectivity index (χ1) is 7.18. The van der Waals surface area contributed by atoms with Crippen LogP contribution in [-0.2, 0) is 0 Å². The minimum atomic E-state index is 0. The maximum absolute atomic E-state index is 3.53. The van der Waals surface area contributed by atoms with E-state index in [1.807, 2.05) is 0 Å². The molecule has 1 unspecified atom stereocenters. The van der Waals surface area contributed by atoms with Crippen molar-refractivity contribution in [2.45, 2.75) is 19.8 Å². The van der Waals surface area contributed by atoms with E-state index in [-0.39, 0.29) is 1.43 Å². The molecule has 0 aromatic heterocycles. The summed E-state index contributed by atoms with van der Waals surface area (Å²) in [6.45, 7) is 5.63. The van der Waals surface area contributed by atoms with Gasteiger partial charge in [-0.25, -0.2) is 0 Å². The first-order valence-corrected chi connectivity index (χ1v) is 5.88. The number of rotatable bonds is 6. The summed E-state index contributed by atoms with van der Waals surface area (Å²) in [7, 11) is 4.25. The monoisotopic (exact) mass is 210 g/mol. The zero-order valence-corrected chi connectivity index (χ0v) is 10.3. The fraction of sp³-hybridized carbons (Fsp3) is 0.692. The van der Waals surface area contributed by atoms with E-state index >= 15 is 0 Å². The van der Waals surface area contributed by atoms with E-state index in [2.05, 4.69) is 49.5 Å². The summed E-state index contributed by atoms with van der Waals surface area (Å²) >= 11 is 0. The molecule has 2 nitrogen and oxygen atoms in total. The lowest BCUT2D eigenvalue weighted by atomic mass is 9.95. The molecule has 1 N–H and O–H groups in total. The fourth-order valence-electron chi connectivity index (χ4n) is 1.87. The molecule has 0 aromatic carbocycles. The van der Waals surface area contributed by atoms with E-state index in [9.17, 15) is 0 Å². The van der Waals surface area contributed by atoms with Gasteiger partial charge in [-0.3, -0.25) is 0 Å². The Labute approximate surface area is 95.5 Å². The SMILES string of the molecule is CC1=CC=CC(CNCCCN(C)C)C1.[HH]. The predicted octanol–water partition coefficient (Wildman–Crippen LogP) is 2.30. The molecule has 0 bridgehead atoms. The molecule has 0 saturated heterocycles. The van der Waals surface area contributed by atoms with Crippen molar-refractivity contribution >= 4 is 0 Å². The highest BCUT2D eigenvalue weighted by molar-refractivity contribution is 5.18. The number of allylic oxidation sites excluding steroid dienone is 3. The van der Waals surface area contributed by atoms with Crippen molar-refractivity contribution in [2.75, 3.05) is 33.7 Å². The molecule has 1 rings (SSSR count). The summed E-state index contributed by atoms with van der Waals surface area (Å²) in [5.74, 6) is 0.703. The van der Waals surface area contributed by atoms with Gasteiger partial charge in [0, 0.05) is 7.97 Å². The summed E-state index contributed by atoms with van der Waals surface area (Å²) in [6, 6.07) is 0. The van der Waals surface area contributed by atoms with Gasteiger partial charge in [0.25, 0.3) is 0 Å². The van der Waals surface area contributed by atoms with Crippen LogP contribution in [0.25, 0.3) is 0 Å². The van der Waals surface area contributed by atoms with E-state index in [0.29, 0.717) is 5.92 Å². The smallest absolute Gasteiger partial charge is 0.00174 e. The molecule has 2 heteroatoms. The van der Waals surface area contributed by atoms with Crippen LogP contribution in [0, 0.1) is 5.92 Å². The quantitative estimate of drug-likeness (QED) is 0.677. The van der Waals surface area contributed by atoms with Crippen LogP contribution in [0.5, 0.6) is 0 Å². The van der Waals surface area contributed by atoms with Gasteiger partial charge >= 0.3 is 0 Å². The summed E-state index contributed by atoms with van der Waals surface area (Å²) in [5.41, 5.74) is 1.50. The van der Waals surface area contributed by atoms with Crippen LogP contribution in [0.4, 0.5) is 0 Å². The predicted molar refractivity (Wildman–Crippen MR) is 69.2 cm³/mol. The van der Waals surface area contributed by atoms with Gasteiger partial charge in [0.05, 0.1) is 0 Å². The van der Waals surface area contributed by atoms with Crippen molar-refractivity contribution in [3.05, 3.63) is 23.8 Å². The van der Waals surface area contributed by atoms with Gasteiger partial charge in [-0.1, -0.05) is 23.8 Å². The van der Waals surface area contributed by atoms with E-state index in [1.54, 1.807) is 0 Å². The van der Waals surface area contributed by atoms with Crippen LogP contribution in [0.15, 0.2) is 23.8 Å². The fourth-order valence-corrected chi connectivity index (χ4v) is 1.87. The Bertz CT molecular complexity index is 234. The topological polar surface area (TPSA) is 15.3 Å². The minimum Gasteiger partial charge on any atom is -0.316 e. The average Bonchev–Trinajstić information content (AvgIpc) is 2.17. The Hall–Kier alpha value is -0.600. The molecule has 88 valence electrons. The first-order valence-electron chi connectivity index (χ1n) is 5.88. The molecule has 0 spiro atoms. The summed E-state index contributed by atoms with van der Waals surface area (Å²) in [6.07, 6.45) is 9.16. The zero-order chi connectivity index (χ0) is 11.1. The van der Waals surface area contributed by atoms with E-state index in [1.165, 1.54) is 25.0 Å². The van der Waals surface area contributed by atoms with Gasteiger partial charge in [-0.2, -0.15) is 0 Å². The molecule has 0 aromatic rings. The van der Waals surface area contributed by atoms with E-state index in [4.69, 9.17) is 0 Å². The molecular formula is C13H26N2. The molecule has 0 amide bonds. The molecule has 0 aliphatic heterocycles. The van der Waals surface area contributed by atoms with Crippen LogP contribution in [0.3, 0.4) is 0 Å². The Morgan fingerprint density at radius 1 is 1.53 bits per heavy atom. The lowest BCUT2D eigenvalue weighted by Gasteiger charge is -2.17. The van der Waals surface area contributed by atoms with Crippen molar-refractivity contribution in [3.8, 4) is 0 Å². The largest absolute Gasteiger partial charge is 0.316 e. The summed E-state index contributed by atoms with van der Waals surface area (Å²) in [5, 5.41) is 3.53. The highest BCUT2D eigenvalue weighted by Gasteiger charge is 2.07. The van der Waals surface area contributed by atoms with Crippen LogP contribution < -0.4 is 5.32 Å². The molecule has 15 heavy (non-hydrogen) atoms. The maximum Gasteiger partial charge on any atom is 0.00174 e. The Morgan fingerprint density at radius 2 is 2.33 bits per heavy atom. The summed E-state index contributed by atoms with van der Waals surface area (Å²) < 4.78 is 0. The van der Waals surface area contributed by atoms with Crippen molar-refractivity contribution < 1.29 is 1.43 Å². The van der Waals surface area contributed by atoms with E-state index in [0.717, 1.165) is 13.1 Å². The molecule has 0 saturated carbocycles. The third-order valence-corrected chi connectivity index (χ3v) is 2.71. The van der Waals surface area contributed by atoms with Gasteiger partial charge in [0.15, 0.2) is 0 Å². The minimum absolute atomic E-state index is 0. The van der Waals surface area contributed by atoms with Crippen molar-refractivity contribution in [2.24, 2.45) is 5.92 Å². The van der Waals surface area contributed by atoms with Crippen molar-refractivity contribution in [1.82, 2.24) is 10.2 Å². The average molecular weight is 210 g/mol. The third kappa shape index (κ3) is 5.75. The highest BCUT2D eigenvalue weighted by atomic mass is 15.1. The first kappa shape index (κ1) is 12.5. The normalized spacial score (nSPS) is 20.8. The Kier molecular flexibility index (Phi) is 5.66. The highest BCUT2D eigenvalue weighted by Crippen LogP contribution is 2.16. The molecule has 0 fully saturated rings. The van der Waals surface area contributed by atoms with Crippen LogP contribution in [0.2, 0.25) is 0 Å². The standard InChI is InChI=1S/C13H24N2.H2/c1-12-6-4-7-13(10-12)11-14-8-5-9-15(2)3;/h4,6-7,13-14H,5,8-11H2,1-3H3;1H. The van der Waals surface area contributed by atoms with Crippen LogP contribution in [-0.4, -0.2) is 38.6 Å². The van der Waals surface area contributed by atoms with Gasteiger partial charge in [0.2, 0.25) is 0 Å². The van der Waals surface area contributed by atoms with Crippen molar-refractivity contribution in [3.63, 3.8) is 0 Å². The lowest BCUT2D eigenvalue weighted by molar-refractivity contribution is 0.391. The van der Waals surface area contributed by atoms with Gasteiger partial charge < -0.3 is 10.2 Å². The number of nitrogens with zero attached hydrogens (tertiary/aromatic N) is 1. The Morgan fingerprint density at radius 3 is 3.00 bits per heavy atom. The maximum atomic E-state index is 3.53. The second-order valence-corrected chi connectivity index (χ2v) is 4.72. The molecule has 0 heterocycles. The van der Waals surface area contributed by atoms with Crippen molar-refractivity contribution in [1.29, 1.82) is 0 Å². The number of nitrogens with one attached hydrogen (secondary N) is 1. The van der Waals surface area contributed by atoms with E-state index < -0.39 is 0 Å². The summed E-state index contributed by atoms with van der Waals surface area (Å²) in [4.78, 5) is 2.23. The zero-order valence-electron chi connectivity index (χ0n) is 10.3.